The van der Waals surface area contributed by atoms with Crippen molar-refractivity contribution >= 4 is 23.5 Å². The van der Waals surface area contributed by atoms with Gasteiger partial charge in [-0.3, -0.25) is 9.59 Å². The van der Waals surface area contributed by atoms with Crippen molar-refractivity contribution in [2.75, 3.05) is 5.32 Å². The van der Waals surface area contributed by atoms with Gasteiger partial charge in [0.1, 0.15) is 0 Å². The lowest BCUT2D eigenvalue weighted by atomic mass is 9.71. The lowest BCUT2D eigenvalue weighted by Crippen LogP contribution is -2.37. The highest BCUT2D eigenvalue weighted by molar-refractivity contribution is 6.07. The molecule has 2 rings (SSSR count). The molecule has 2 aromatic carbocycles. The molecule has 0 aliphatic heterocycles. The number of rotatable bonds is 6. The molecule has 3 N–H and O–H groups in total. The molecule has 0 saturated heterocycles. The number of carbonyl (C=O) groups excluding carboxylic acids is 3. The number of nitrogens with one attached hydrogen (secondary N) is 1. The van der Waals surface area contributed by atoms with E-state index in [0.29, 0.717) is 16.8 Å². The van der Waals surface area contributed by atoms with E-state index in [1.807, 2.05) is 58.0 Å². The number of anilines is 1. The second-order valence-corrected chi connectivity index (χ2v) is 8.14. The van der Waals surface area contributed by atoms with Crippen LogP contribution in [0.15, 0.2) is 48.5 Å². The van der Waals surface area contributed by atoms with E-state index in [1.165, 1.54) is 6.92 Å². The van der Waals surface area contributed by atoms with E-state index < -0.39 is 23.5 Å². The lowest BCUT2D eigenvalue weighted by molar-refractivity contribution is -0.130. The molecule has 0 spiro atoms. The van der Waals surface area contributed by atoms with Gasteiger partial charge in [0.15, 0.2) is 11.9 Å². The maximum Gasteiger partial charge on any atom is 0.405 e. The predicted molar refractivity (Wildman–Crippen MR) is 113 cm³/mol. The number of carbonyl (C=O) groups is 3. The van der Waals surface area contributed by atoms with Crippen molar-refractivity contribution < 1.29 is 19.1 Å². The average Bonchev–Trinajstić information content (AvgIpc) is 2.60. The van der Waals surface area contributed by atoms with Crippen LogP contribution in [0.4, 0.5) is 10.5 Å². The highest BCUT2D eigenvalue weighted by Gasteiger charge is 2.38. The third kappa shape index (κ3) is 5.44. The van der Waals surface area contributed by atoms with Crippen molar-refractivity contribution in [1.82, 2.24) is 0 Å². The smallest absolute Gasteiger partial charge is 0.405 e. The summed E-state index contributed by atoms with van der Waals surface area (Å²) in [6.07, 6.45) is -2.04. The van der Waals surface area contributed by atoms with Gasteiger partial charge < -0.3 is 15.8 Å². The van der Waals surface area contributed by atoms with Gasteiger partial charge in [-0.15, -0.1) is 0 Å². The Morgan fingerprint density at radius 2 is 1.62 bits per heavy atom. The Labute approximate surface area is 171 Å². The number of hydrogen-bond acceptors (Lipinski definition) is 4. The number of hydrogen-bond donors (Lipinski definition) is 2. The third-order valence-electron chi connectivity index (χ3n) is 4.72. The number of para-hydroxylation sites is 1. The SMILES string of the molecule is Cc1cccc(C(C(=O)C(C)OC(N)=O)C(C)(C)C)c1C(=O)Nc1ccccc1. The topological polar surface area (TPSA) is 98.5 Å². The fourth-order valence-electron chi connectivity index (χ4n) is 3.47. The van der Waals surface area contributed by atoms with Crippen molar-refractivity contribution in [2.45, 2.75) is 46.6 Å². The van der Waals surface area contributed by atoms with E-state index >= 15 is 0 Å². The van der Waals surface area contributed by atoms with Crippen LogP contribution in [0.5, 0.6) is 0 Å². The molecule has 2 amide bonds. The monoisotopic (exact) mass is 396 g/mol. The maximum absolute atomic E-state index is 13.2. The van der Waals surface area contributed by atoms with Crippen LogP contribution in [0.2, 0.25) is 0 Å². The first-order valence-electron chi connectivity index (χ1n) is 9.48. The number of benzene rings is 2. The molecule has 2 unspecified atom stereocenters. The number of Topliss-reactive ketones (excluding diaryl/α,β-unsaturated/α-hetero) is 1. The molecule has 154 valence electrons. The van der Waals surface area contributed by atoms with E-state index in [-0.39, 0.29) is 11.7 Å². The van der Waals surface area contributed by atoms with Crippen molar-refractivity contribution in [3.8, 4) is 0 Å². The highest BCUT2D eigenvalue weighted by Crippen LogP contribution is 2.39. The van der Waals surface area contributed by atoms with Gasteiger partial charge in [0.25, 0.3) is 5.91 Å². The number of ketones is 1. The summed E-state index contributed by atoms with van der Waals surface area (Å²) in [5, 5.41) is 2.89. The molecule has 2 atom stereocenters. The zero-order valence-electron chi connectivity index (χ0n) is 17.5. The molecule has 0 radical (unpaired) electrons. The van der Waals surface area contributed by atoms with E-state index in [2.05, 4.69) is 5.32 Å². The summed E-state index contributed by atoms with van der Waals surface area (Å²) in [4.78, 5) is 37.5. The number of ether oxygens (including phenoxy) is 1. The molecule has 0 saturated carbocycles. The Kier molecular flexibility index (Phi) is 6.80. The molecule has 0 aliphatic carbocycles. The minimum atomic E-state index is -1.03. The van der Waals surface area contributed by atoms with Crippen LogP contribution in [-0.2, 0) is 9.53 Å². The highest BCUT2D eigenvalue weighted by atomic mass is 16.6. The summed E-state index contributed by atoms with van der Waals surface area (Å²) in [7, 11) is 0. The van der Waals surface area contributed by atoms with Crippen molar-refractivity contribution in [3.63, 3.8) is 0 Å². The summed E-state index contributed by atoms with van der Waals surface area (Å²) in [5.74, 6) is -1.28. The maximum atomic E-state index is 13.2. The summed E-state index contributed by atoms with van der Waals surface area (Å²) in [5.41, 5.74) is 7.01. The predicted octanol–water partition coefficient (Wildman–Crippen LogP) is 4.43. The Hall–Kier alpha value is -3.15. The normalized spacial score (nSPS) is 13.3. The Morgan fingerprint density at radius 3 is 2.17 bits per heavy atom. The first-order valence-corrected chi connectivity index (χ1v) is 9.48. The van der Waals surface area contributed by atoms with Gasteiger partial charge in [0.2, 0.25) is 0 Å². The van der Waals surface area contributed by atoms with Crippen molar-refractivity contribution in [1.29, 1.82) is 0 Å². The third-order valence-corrected chi connectivity index (χ3v) is 4.72. The van der Waals surface area contributed by atoms with Gasteiger partial charge in [-0.2, -0.15) is 0 Å². The van der Waals surface area contributed by atoms with Gasteiger partial charge in [0.05, 0.1) is 5.92 Å². The standard InChI is InChI=1S/C23H28N2O4/c1-14-10-9-13-17(18(14)21(27)25-16-11-7-6-8-12-16)19(23(3,4)5)20(26)15(2)29-22(24)28/h6-13,15,19H,1-5H3,(H2,24,28)(H,25,27). The molecule has 0 heterocycles. The van der Waals surface area contributed by atoms with Crippen molar-refractivity contribution in [3.05, 3.63) is 65.2 Å². The van der Waals surface area contributed by atoms with Gasteiger partial charge in [0, 0.05) is 11.3 Å². The molecule has 6 nitrogen and oxygen atoms in total. The second-order valence-electron chi connectivity index (χ2n) is 8.14. The molecular weight excluding hydrogens is 368 g/mol. The van der Waals surface area contributed by atoms with Crippen LogP contribution >= 0.6 is 0 Å². The molecule has 0 fully saturated rings. The van der Waals surface area contributed by atoms with Gasteiger partial charge in [-0.25, -0.2) is 4.79 Å². The summed E-state index contributed by atoms with van der Waals surface area (Å²) in [6.45, 7) is 9.05. The van der Waals surface area contributed by atoms with Crippen LogP contribution in [0.3, 0.4) is 0 Å². The van der Waals surface area contributed by atoms with E-state index in [0.717, 1.165) is 5.56 Å². The Morgan fingerprint density at radius 1 is 1.00 bits per heavy atom. The van der Waals surface area contributed by atoms with Gasteiger partial charge in [-0.05, 0) is 42.5 Å². The average molecular weight is 396 g/mol. The minimum Gasteiger partial charge on any atom is -0.439 e. The largest absolute Gasteiger partial charge is 0.439 e. The second kappa shape index (κ2) is 8.90. The zero-order valence-corrected chi connectivity index (χ0v) is 17.5. The van der Waals surface area contributed by atoms with E-state index in [1.54, 1.807) is 18.2 Å². The molecule has 6 heteroatoms. The number of amides is 2. The minimum absolute atomic E-state index is 0.296. The summed E-state index contributed by atoms with van der Waals surface area (Å²) >= 11 is 0. The number of aryl methyl sites for hydroxylation is 1. The van der Waals surface area contributed by atoms with Crippen LogP contribution in [0, 0.1) is 12.3 Å². The molecule has 0 bridgehead atoms. The zero-order chi connectivity index (χ0) is 21.8. The summed E-state index contributed by atoms with van der Waals surface area (Å²) in [6, 6.07) is 14.5. The van der Waals surface area contributed by atoms with Crippen molar-refractivity contribution in [2.24, 2.45) is 11.1 Å². The van der Waals surface area contributed by atoms with Crippen LogP contribution in [0.25, 0.3) is 0 Å². The fourth-order valence-corrected chi connectivity index (χ4v) is 3.47. The van der Waals surface area contributed by atoms with Crippen LogP contribution < -0.4 is 11.1 Å². The lowest BCUT2D eigenvalue weighted by Gasteiger charge is -2.33. The Balaban J connectivity index is 2.52. The van der Waals surface area contributed by atoms with E-state index in [9.17, 15) is 14.4 Å². The first kappa shape index (κ1) is 22.1. The summed E-state index contributed by atoms with van der Waals surface area (Å²) < 4.78 is 4.92. The molecule has 0 aromatic heterocycles. The quantitative estimate of drug-likeness (QED) is 0.754. The van der Waals surface area contributed by atoms with Crippen LogP contribution in [-0.4, -0.2) is 23.9 Å². The van der Waals surface area contributed by atoms with Gasteiger partial charge in [-0.1, -0.05) is 57.2 Å². The molecule has 29 heavy (non-hydrogen) atoms. The number of primary amides is 1. The van der Waals surface area contributed by atoms with E-state index in [4.69, 9.17) is 10.5 Å². The molecule has 2 aromatic rings. The fraction of sp³-hybridized carbons (Fsp3) is 0.348. The molecular formula is C23H28N2O4. The first-order chi connectivity index (χ1) is 13.5. The number of nitrogens with two attached hydrogens (primary N) is 1. The van der Waals surface area contributed by atoms with Crippen LogP contribution in [0.1, 0.15) is 55.1 Å². The van der Waals surface area contributed by atoms with Gasteiger partial charge >= 0.3 is 6.09 Å². The molecule has 0 aliphatic rings. The Bertz CT molecular complexity index is 901.